The van der Waals surface area contributed by atoms with Crippen LogP contribution in [-0.2, 0) is 23.8 Å². The zero-order valence-electron chi connectivity index (χ0n) is 16.4. The minimum Gasteiger partial charge on any atom is -0.392 e. The molecule has 3 N–H and O–H groups in total. The van der Waals surface area contributed by atoms with Crippen molar-refractivity contribution in [1.29, 1.82) is 0 Å². The fraction of sp³-hybridized carbons (Fsp3) is 0.364. The molecule has 0 radical (unpaired) electrons. The van der Waals surface area contributed by atoms with Crippen molar-refractivity contribution in [3.05, 3.63) is 59.5 Å². The lowest BCUT2D eigenvalue weighted by Gasteiger charge is -2.12. The molecule has 8 heteroatoms. The van der Waals surface area contributed by atoms with E-state index in [4.69, 9.17) is 0 Å². The van der Waals surface area contributed by atoms with Crippen LogP contribution in [0.2, 0.25) is 0 Å². The molecule has 1 amide bonds. The number of benzene rings is 1. The minimum absolute atomic E-state index is 0.00205. The molecular formula is C22H22F3N3O2. The van der Waals surface area contributed by atoms with Gasteiger partial charge in [-0.15, -0.1) is 0 Å². The highest BCUT2D eigenvalue weighted by molar-refractivity contribution is 6.04. The molecule has 1 unspecified atom stereocenters. The average Bonchev–Trinajstić information content (AvgIpc) is 3.32. The van der Waals surface area contributed by atoms with Crippen LogP contribution in [0.15, 0.2) is 42.7 Å². The van der Waals surface area contributed by atoms with Crippen LogP contribution < -0.4 is 5.32 Å². The second kappa shape index (κ2) is 7.43. The Morgan fingerprint density at radius 1 is 1.27 bits per heavy atom. The summed E-state index contributed by atoms with van der Waals surface area (Å²) in [5.74, 6) is 0.00205. The molecule has 2 heterocycles. The fourth-order valence-corrected chi connectivity index (χ4v) is 3.38. The van der Waals surface area contributed by atoms with E-state index >= 15 is 0 Å². The van der Waals surface area contributed by atoms with Crippen LogP contribution in [0.1, 0.15) is 36.6 Å². The van der Waals surface area contributed by atoms with Gasteiger partial charge < -0.3 is 15.4 Å². The molecule has 158 valence electrons. The van der Waals surface area contributed by atoms with Crippen molar-refractivity contribution in [3.63, 3.8) is 0 Å². The second-order valence-corrected chi connectivity index (χ2v) is 8.20. The van der Waals surface area contributed by atoms with Crippen molar-refractivity contribution >= 4 is 22.5 Å². The lowest BCUT2D eigenvalue weighted by atomic mass is 10.0. The van der Waals surface area contributed by atoms with Gasteiger partial charge in [-0.25, -0.2) is 0 Å². The summed E-state index contributed by atoms with van der Waals surface area (Å²) in [6.45, 7) is 1.94. The number of halogens is 3. The number of aliphatic hydroxyl groups is 1. The summed E-state index contributed by atoms with van der Waals surface area (Å²) in [6.07, 6.45) is -0.466. The molecule has 3 aromatic rings. The van der Waals surface area contributed by atoms with Gasteiger partial charge in [0.25, 0.3) is 0 Å². The number of fused-ring (bicyclic) bond motifs is 1. The largest absolute Gasteiger partial charge is 0.417 e. The molecule has 2 aromatic heterocycles. The van der Waals surface area contributed by atoms with Crippen LogP contribution in [0.25, 0.3) is 10.9 Å². The number of aromatic nitrogens is 2. The van der Waals surface area contributed by atoms with Gasteiger partial charge in [0.05, 0.1) is 17.4 Å². The maximum Gasteiger partial charge on any atom is 0.417 e. The number of hydrogen-bond acceptors (Lipinski definition) is 3. The van der Waals surface area contributed by atoms with Gasteiger partial charge in [-0.05, 0) is 49.1 Å². The number of H-pyrrole nitrogens is 1. The smallest absolute Gasteiger partial charge is 0.392 e. The van der Waals surface area contributed by atoms with Gasteiger partial charge in [-0.1, -0.05) is 13.0 Å². The Morgan fingerprint density at radius 3 is 2.67 bits per heavy atom. The lowest BCUT2D eigenvalue weighted by molar-refractivity contribution is -0.137. The first-order valence-corrected chi connectivity index (χ1v) is 9.76. The number of carbonyl (C=O) groups excluding carboxylic acids is 1. The fourth-order valence-electron chi connectivity index (χ4n) is 3.38. The molecular weight excluding hydrogens is 395 g/mol. The third-order valence-electron chi connectivity index (χ3n) is 5.61. The van der Waals surface area contributed by atoms with Crippen molar-refractivity contribution < 1.29 is 23.1 Å². The molecule has 0 spiro atoms. The van der Waals surface area contributed by atoms with E-state index in [-0.39, 0.29) is 17.7 Å². The molecule has 0 aliphatic heterocycles. The van der Waals surface area contributed by atoms with Gasteiger partial charge in [-0.3, -0.25) is 9.78 Å². The minimum atomic E-state index is -4.43. The van der Waals surface area contributed by atoms with Crippen LogP contribution in [0.4, 0.5) is 18.9 Å². The number of rotatable bonds is 6. The Bertz CT molecular complexity index is 1070. The van der Waals surface area contributed by atoms with Crippen LogP contribution >= 0.6 is 0 Å². The Hall–Kier alpha value is -2.87. The molecule has 1 atom stereocenters. The standard InChI is InChI=1S/C22H22F3N3O2/c1-21(6-7-21)20(30)28-19-12-27-18-5-2-13(9-17(18)19)8-16(29)10-15-4-3-14(11-26-15)22(23,24)25/h2-5,9,11-12,16,27,29H,6-8,10H2,1H3,(H,28,30). The van der Waals surface area contributed by atoms with Crippen molar-refractivity contribution in [2.24, 2.45) is 5.41 Å². The quantitative estimate of drug-likeness (QED) is 0.554. The number of aliphatic hydroxyl groups excluding tert-OH is 1. The third-order valence-corrected chi connectivity index (χ3v) is 5.61. The van der Waals surface area contributed by atoms with Crippen molar-refractivity contribution in [2.45, 2.75) is 44.9 Å². The number of pyridine rings is 1. The number of carbonyl (C=O) groups is 1. The number of hydrogen-bond donors (Lipinski definition) is 3. The Kier molecular flexibility index (Phi) is 5.05. The van der Waals surface area contributed by atoms with E-state index in [9.17, 15) is 23.1 Å². The van der Waals surface area contributed by atoms with E-state index in [2.05, 4.69) is 15.3 Å². The maximum atomic E-state index is 12.6. The molecule has 0 saturated heterocycles. The summed E-state index contributed by atoms with van der Waals surface area (Å²) in [5.41, 5.74) is 1.72. The summed E-state index contributed by atoms with van der Waals surface area (Å²) in [4.78, 5) is 19.3. The zero-order chi connectivity index (χ0) is 21.5. The van der Waals surface area contributed by atoms with E-state index in [1.165, 1.54) is 6.07 Å². The van der Waals surface area contributed by atoms with Crippen molar-refractivity contribution in [2.75, 3.05) is 5.32 Å². The molecule has 1 saturated carbocycles. The van der Waals surface area contributed by atoms with Gasteiger partial charge in [0, 0.05) is 40.8 Å². The first kappa shape index (κ1) is 20.4. The topological polar surface area (TPSA) is 78.0 Å². The van der Waals surface area contributed by atoms with E-state index in [0.29, 0.717) is 17.8 Å². The normalized spacial score (nSPS) is 16.4. The molecule has 30 heavy (non-hydrogen) atoms. The highest BCUT2D eigenvalue weighted by atomic mass is 19.4. The van der Waals surface area contributed by atoms with Crippen LogP contribution in [0.5, 0.6) is 0 Å². The number of alkyl halides is 3. The Labute approximate surface area is 171 Å². The van der Waals surface area contributed by atoms with Gasteiger partial charge in [0.2, 0.25) is 5.91 Å². The summed E-state index contributed by atoms with van der Waals surface area (Å²) >= 11 is 0. The summed E-state index contributed by atoms with van der Waals surface area (Å²) < 4.78 is 37.9. The second-order valence-electron chi connectivity index (χ2n) is 8.20. The number of nitrogens with zero attached hydrogens (tertiary/aromatic N) is 1. The van der Waals surface area contributed by atoms with Crippen LogP contribution in [0, 0.1) is 5.41 Å². The van der Waals surface area contributed by atoms with E-state index in [1.54, 1.807) is 6.20 Å². The van der Waals surface area contributed by atoms with E-state index < -0.39 is 17.8 Å². The highest BCUT2D eigenvalue weighted by Crippen LogP contribution is 2.46. The first-order valence-electron chi connectivity index (χ1n) is 9.76. The monoisotopic (exact) mass is 417 g/mol. The molecule has 0 bridgehead atoms. The Balaban J connectivity index is 1.44. The zero-order valence-corrected chi connectivity index (χ0v) is 16.4. The van der Waals surface area contributed by atoms with Gasteiger partial charge in [0.15, 0.2) is 0 Å². The molecule has 5 nitrogen and oxygen atoms in total. The molecule has 1 aromatic carbocycles. The summed E-state index contributed by atoms with van der Waals surface area (Å²) in [5, 5.41) is 14.2. The lowest BCUT2D eigenvalue weighted by Crippen LogP contribution is -2.21. The SMILES string of the molecule is CC1(C(=O)Nc2c[nH]c3ccc(CC(O)Cc4ccc(C(F)(F)F)cn4)cc23)CC1. The average molecular weight is 417 g/mol. The van der Waals surface area contributed by atoms with Gasteiger partial charge >= 0.3 is 6.18 Å². The third kappa shape index (κ3) is 4.33. The van der Waals surface area contributed by atoms with Gasteiger partial charge in [0.1, 0.15) is 0 Å². The Morgan fingerprint density at radius 2 is 2.03 bits per heavy atom. The molecule has 4 rings (SSSR count). The predicted octanol–water partition coefficient (Wildman–Crippen LogP) is 4.47. The van der Waals surface area contributed by atoms with Crippen LogP contribution in [0.3, 0.4) is 0 Å². The van der Waals surface area contributed by atoms with Crippen molar-refractivity contribution in [1.82, 2.24) is 9.97 Å². The summed E-state index contributed by atoms with van der Waals surface area (Å²) in [7, 11) is 0. The molecule has 1 aliphatic carbocycles. The van der Waals surface area contributed by atoms with E-state index in [1.807, 2.05) is 25.1 Å². The van der Waals surface area contributed by atoms with Crippen LogP contribution in [-0.4, -0.2) is 27.1 Å². The summed E-state index contributed by atoms with van der Waals surface area (Å²) in [6, 6.07) is 7.90. The maximum absolute atomic E-state index is 12.6. The predicted molar refractivity (Wildman–Crippen MR) is 107 cm³/mol. The number of anilines is 1. The molecule has 1 fully saturated rings. The number of amides is 1. The number of aromatic amines is 1. The first-order chi connectivity index (χ1) is 14.1. The van der Waals surface area contributed by atoms with Gasteiger partial charge in [-0.2, -0.15) is 13.2 Å². The van der Waals surface area contributed by atoms with Crippen molar-refractivity contribution in [3.8, 4) is 0 Å². The number of nitrogens with one attached hydrogen (secondary N) is 2. The highest BCUT2D eigenvalue weighted by Gasteiger charge is 2.45. The molecule has 1 aliphatic rings. The van der Waals surface area contributed by atoms with E-state index in [0.717, 1.165) is 41.6 Å².